The molecule has 0 saturated carbocycles. The molecule has 86 valence electrons. The van der Waals surface area contributed by atoms with E-state index in [1.165, 1.54) is 11.1 Å². The van der Waals surface area contributed by atoms with E-state index in [4.69, 9.17) is 0 Å². The summed E-state index contributed by atoms with van der Waals surface area (Å²) < 4.78 is 0. The van der Waals surface area contributed by atoms with Gasteiger partial charge in [0, 0.05) is 11.9 Å². The van der Waals surface area contributed by atoms with Gasteiger partial charge in [0.05, 0.1) is 5.92 Å². The van der Waals surface area contributed by atoms with Gasteiger partial charge in [0.15, 0.2) is 0 Å². The Kier molecular flexibility index (Phi) is 3.64. The summed E-state index contributed by atoms with van der Waals surface area (Å²) in [4.78, 5) is 11.9. The summed E-state index contributed by atoms with van der Waals surface area (Å²) in [5.74, 6) is 0.740. The molecule has 1 aliphatic carbocycles. The van der Waals surface area contributed by atoms with Crippen LogP contribution in [0.5, 0.6) is 0 Å². The Labute approximate surface area is 105 Å². The molecule has 1 amide bonds. The third-order valence-corrected chi connectivity index (χ3v) is 4.16. The standard InChI is InChI=1S/C13H16BrNO/c1-9(7-14)8-15-13(16)12-6-10-4-2-3-5-11(10)12/h2-5,9,12H,6-8H2,1H3,(H,15,16). The molecule has 0 bridgehead atoms. The van der Waals surface area contributed by atoms with E-state index >= 15 is 0 Å². The molecular weight excluding hydrogens is 266 g/mol. The molecule has 1 aromatic rings. The van der Waals surface area contributed by atoms with E-state index in [9.17, 15) is 4.79 Å². The number of hydrogen-bond acceptors (Lipinski definition) is 1. The first-order valence-corrected chi connectivity index (χ1v) is 6.76. The van der Waals surface area contributed by atoms with E-state index in [1.807, 2.05) is 12.1 Å². The number of rotatable bonds is 4. The maximum Gasteiger partial charge on any atom is 0.227 e. The molecular formula is C13H16BrNO. The van der Waals surface area contributed by atoms with Crippen molar-refractivity contribution in [2.24, 2.45) is 5.92 Å². The Morgan fingerprint density at radius 2 is 2.31 bits per heavy atom. The molecule has 3 heteroatoms. The third kappa shape index (κ3) is 2.29. The van der Waals surface area contributed by atoms with Gasteiger partial charge in [-0.2, -0.15) is 0 Å². The van der Waals surface area contributed by atoms with Crippen LogP contribution in [0.3, 0.4) is 0 Å². The fraction of sp³-hybridized carbons (Fsp3) is 0.462. The number of carbonyl (C=O) groups is 1. The summed E-state index contributed by atoms with van der Waals surface area (Å²) in [6, 6.07) is 8.18. The number of amides is 1. The number of hydrogen-bond donors (Lipinski definition) is 1. The van der Waals surface area contributed by atoms with Crippen LogP contribution in [-0.4, -0.2) is 17.8 Å². The summed E-state index contributed by atoms with van der Waals surface area (Å²) in [6.07, 6.45) is 0.894. The fourth-order valence-corrected chi connectivity index (χ4v) is 2.17. The second kappa shape index (κ2) is 5.00. The highest BCUT2D eigenvalue weighted by atomic mass is 79.9. The summed E-state index contributed by atoms with van der Waals surface area (Å²) in [5.41, 5.74) is 2.52. The molecule has 2 unspecified atom stereocenters. The van der Waals surface area contributed by atoms with Gasteiger partial charge >= 0.3 is 0 Å². The SMILES string of the molecule is CC(CBr)CNC(=O)C1Cc2ccccc21. The predicted molar refractivity (Wildman–Crippen MR) is 68.9 cm³/mol. The van der Waals surface area contributed by atoms with Crippen molar-refractivity contribution >= 4 is 21.8 Å². The van der Waals surface area contributed by atoms with Crippen LogP contribution in [0, 0.1) is 5.92 Å². The molecule has 0 aliphatic heterocycles. The summed E-state index contributed by atoms with van der Waals surface area (Å²) in [6.45, 7) is 2.87. The quantitative estimate of drug-likeness (QED) is 0.845. The van der Waals surface area contributed by atoms with E-state index in [0.717, 1.165) is 18.3 Å². The molecule has 0 heterocycles. The summed E-state index contributed by atoms with van der Waals surface area (Å²) in [7, 11) is 0. The molecule has 1 aromatic carbocycles. The normalized spacial score (nSPS) is 19.5. The maximum absolute atomic E-state index is 11.9. The minimum Gasteiger partial charge on any atom is -0.355 e. The Balaban J connectivity index is 1.90. The van der Waals surface area contributed by atoms with Gasteiger partial charge in [-0.25, -0.2) is 0 Å². The van der Waals surface area contributed by atoms with Crippen molar-refractivity contribution in [3.05, 3.63) is 35.4 Å². The van der Waals surface area contributed by atoms with Gasteiger partial charge in [0.1, 0.15) is 0 Å². The molecule has 2 atom stereocenters. The molecule has 16 heavy (non-hydrogen) atoms. The van der Waals surface area contributed by atoms with Crippen LogP contribution in [0.2, 0.25) is 0 Å². The van der Waals surface area contributed by atoms with Crippen LogP contribution in [0.4, 0.5) is 0 Å². The first-order chi connectivity index (χ1) is 7.72. The molecule has 0 saturated heterocycles. The minimum absolute atomic E-state index is 0.0822. The lowest BCUT2D eigenvalue weighted by Crippen LogP contribution is -2.37. The van der Waals surface area contributed by atoms with E-state index < -0.39 is 0 Å². The van der Waals surface area contributed by atoms with E-state index in [-0.39, 0.29) is 11.8 Å². The zero-order valence-corrected chi connectivity index (χ0v) is 11.0. The molecule has 2 nitrogen and oxygen atoms in total. The number of benzene rings is 1. The van der Waals surface area contributed by atoms with Gasteiger partial charge in [-0.15, -0.1) is 0 Å². The van der Waals surface area contributed by atoms with Crippen LogP contribution in [0.15, 0.2) is 24.3 Å². The van der Waals surface area contributed by atoms with Crippen LogP contribution in [-0.2, 0) is 11.2 Å². The molecule has 1 aliphatic rings. The average molecular weight is 282 g/mol. The van der Waals surface area contributed by atoms with Crippen molar-refractivity contribution in [2.75, 3.05) is 11.9 Å². The second-order valence-electron chi connectivity index (χ2n) is 4.46. The van der Waals surface area contributed by atoms with Crippen LogP contribution >= 0.6 is 15.9 Å². The monoisotopic (exact) mass is 281 g/mol. The van der Waals surface area contributed by atoms with Gasteiger partial charge in [-0.1, -0.05) is 47.1 Å². The Morgan fingerprint density at radius 3 is 3.00 bits per heavy atom. The molecule has 0 radical (unpaired) electrons. The topological polar surface area (TPSA) is 29.1 Å². The number of carbonyl (C=O) groups excluding carboxylic acids is 1. The number of nitrogens with one attached hydrogen (secondary N) is 1. The number of halogens is 1. The average Bonchev–Trinajstić information content (AvgIpc) is 2.27. The van der Waals surface area contributed by atoms with Crippen molar-refractivity contribution in [3.8, 4) is 0 Å². The van der Waals surface area contributed by atoms with Crippen molar-refractivity contribution in [2.45, 2.75) is 19.3 Å². The second-order valence-corrected chi connectivity index (χ2v) is 5.11. The van der Waals surface area contributed by atoms with Gasteiger partial charge < -0.3 is 5.32 Å². The lowest BCUT2D eigenvalue weighted by Gasteiger charge is -2.29. The molecule has 1 N–H and O–H groups in total. The largest absolute Gasteiger partial charge is 0.355 e. The summed E-state index contributed by atoms with van der Waals surface area (Å²) in [5, 5.41) is 3.93. The first kappa shape index (κ1) is 11.6. The summed E-state index contributed by atoms with van der Waals surface area (Å²) >= 11 is 3.41. The highest BCUT2D eigenvalue weighted by Gasteiger charge is 2.31. The van der Waals surface area contributed by atoms with E-state index in [1.54, 1.807) is 0 Å². The van der Waals surface area contributed by atoms with Crippen molar-refractivity contribution in [1.29, 1.82) is 0 Å². The lowest BCUT2D eigenvalue weighted by molar-refractivity contribution is -0.123. The predicted octanol–water partition coefficient (Wildman–Crippen LogP) is 2.47. The zero-order valence-electron chi connectivity index (χ0n) is 9.37. The molecule has 0 spiro atoms. The maximum atomic E-state index is 11.9. The van der Waals surface area contributed by atoms with Crippen LogP contribution in [0.25, 0.3) is 0 Å². The minimum atomic E-state index is 0.0822. The van der Waals surface area contributed by atoms with Crippen molar-refractivity contribution in [1.82, 2.24) is 5.32 Å². The van der Waals surface area contributed by atoms with Gasteiger partial charge in [0.25, 0.3) is 0 Å². The molecule has 0 fully saturated rings. The fourth-order valence-electron chi connectivity index (χ4n) is 1.95. The van der Waals surface area contributed by atoms with E-state index in [2.05, 4.69) is 40.3 Å². The Hall–Kier alpha value is -0.830. The number of alkyl halides is 1. The van der Waals surface area contributed by atoms with Gasteiger partial charge in [-0.3, -0.25) is 4.79 Å². The highest BCUT2D eigenvalue weighted by Crippen LogP contribution is 2.34. The molecule has 2 rings (SSSR count). The smallest absolute Gasteiger partial charge is 0.227 e. The Morgan fingerprint density at radius 1 is 1.56 bits per heavy atom. The molecule has 0 aromatic heterocycles. The Bertz CT molecular complexity index is 391. The van der Waals surface area contributed by atoms with Crippen LogP contribution < -0.4 is 5.32 Å². The van der Waals surface area contributed by atoms with Gasteiger partial charge in [0.2, 0.25) is 5.91 Å². The van der Waals surface area contributed by atoms with Crippen LogP contribution in [0.1, 0.15) is 24.0 Å². The highest BCUT2D eigenvalue weighted by molar-refractivity contribution is 9.09. The first-order valence-electron chi connectivity index (χ1n) is 5.64. The van der Waals surface area contributed by atoms with Crippen molar-refractivity contribution in [3.63, 3.8) is 0 Å². The third-order valence-electron chi connectivity index (χ3n) is 3.06. The lowest BCUT2D eigenvalue weighted by atomic mass is 9.77. The van der Waals surface area contributed by atoms with Gasteiger partial charge in [-0.05, 0) is 23.5 Å². The zero-order chi connectivity index (χ0) is 11.5. The van der Waals surface area contributed by atoms with E-state index in [0.29, 0.717) is 5.92 Å². The van der Waals surface area contributed by atoms with Crippen molar-refractivity contribution < 1.29 is 4.79 Å². The number of fused-ring (bicyclic) bond motifs is 1.